The maximum atomic E-state index is 12.8. The zero-order valence-electron chi connectivity index (χ0n) is 32.8. The molecular formula is C40H68O14. The molecule has 0 radical (unpaired) electrons. The van der Waals surface area contributed by atoms with Crippen LogP contribution in [0.1, 0.15) is 86.0 Å². The van der Waals surface area contributed by atoms with Crippen LogP contribution in [0, 0.1) is 46.3 Å². The molecule has 0 aromatic heterocycles. The zero-order chi connectivity index (χ0) is 39.5. The molecule has 0 aromatic rings. The molecule has 9 N–H and O–H groups in total. The highest BCUT2D eigenvalue weighted by Crippen LogP contribution is 2.69. The van der Waals surface area contributed by atoms with Gasteiger partial charge >= 0.3 is 0 Å². The number of methoxy groups -OCH3 is 1. The average molecular weight is 773 g/mol. The topological polar surface area (TPSA) is 228 Å². The van der Waals surface area contributed by atoms with Gasteiger partial charge in [0.05, 0.1) is 49.8 Å². The highest BCUT2D eigenvalue weighted by Gasteiger charge is 2.72. The third kappa shape index (κ3) is 7.38. The van der Waals surface area contributed by atoms with Crippen molar-refractivity contribution in [3.63, 3.8) is 0 Å². The Bertz CT molecular complexity index is 1300. The molecule has 4 aliphatic carbocycles. The SMILES string of the molecule is CO[C@H]1[C@H](O[C@@H]2C=C3[C@H](O)C[C@@]4(O)[C@@H]5[C@@H](O)[C@H](O)[C@H]([C@H](C)CC[C@H](CCO[C@@H]6O[C@@H](CO)[C@H](O)[C@H]6O)C(C)C)[C@@]5(C)CC[C@@H]4[C@@]3(C)CC2)OC[C@@H](O)[C@@H]1O. The molecule has 5 fully saturated rings. The Morgan fingerprint density at radius 1 is 0.870 bits per heavy atom. The Morgan fingerprint density at radius 3 is 2.24 bits per heavy atom. The van der Waals surface area contributed by atoms with Gasteiger partial charge in [-0.05, 0) is 84.5 Å². The maximum absolute atomic E-state index is 12.8. The smallest absolute Gasteiger partial charge is 0.187 e. The zero-order valence-corrected chi connectivity index (χ0v) is 32.8. The van der Waals surface area contributed by atoms with Gasteiger partial charge in [0, 0.05) is 19.4 Å². The van der Waals surface area contributed by atoms with Crippen LogP contribution < -0.4 is 0 Å². The fourth-order valence-corrected chi connectivity index (χ4v) is 12.2. The van der Waals surface area contributed by atoms with Gasteiger partial charge in [-0.2, -0.15) is 0 Å². The number of hydrogen-bond acceptors (Lipinski definition) is 14. The summed E-state index contributed by atoms with van der Waals surface area (Å²) in [6.07, 6.45) is -5.12. The van der Waals surface area contributed by atoms with Crippen molar-refractivity contribution in [2.75, 3.05) is 26.9 Å². The molecule has 6 rings (SSSR count). The third-order valence-corrected chi connectivity index (χ3v) is 15.1. The van der Waals surface area contributed by atoms with E-state index >= 15 is 0 Å². The Balaban J connectivity index is 1.12. The standard InChI is InChI=1S/C40H68O14/c1-19(2)21(11-14-51-36-33(48)30(45)26(17-41)54-36)8-7-20(3)28-31(46)32(47)35-39(28,5)13-10-27-38(4)12-9-22(15-23(38)24(42)16-40(27,35)49)53-37-34(50-6)29(44)25(43)18-52-37/h15,19-22,24-37,41-49H,7-14,16-18H2,1-6H3/t20-,21-,22+,24-,25-,26+,27-,28+,29+,30+,31-,32+,33-,34-,35-,36-,37+,38+,39-,40+/m1/s1. The van der Waals surface area contributed by atoms with E-state index in [4.69, 9.17) is 23.7 Å². The minimum absolute atomic E-state index is 0.0251. The summed E-state index contributed by atoms with van der Waals surface area (Å²) in [6, 6.07) is 0. The number of aliphatic hydroxyl groups excluding tert-OH is 8. The summed E-state index contributed by atoms with van der Waals surface area (Å²) in [5.74, 6) is -0.550. The van der Waals surface area contributed by atoms with E-state index in [0.717, 1.165) is 18.4 Å². The molecule has 20 atom stereocenters. The molecule has 3 saturated carbocycles. The number of ether oxygens (including phenoxy) is 5. The lowest BCUT2D eigenvalue weighted by atomic mass is 9.43. The van der Waals surface area contributed by atoms with Crippen LogP contribution >= 0.6 is 0 Å². The van der Waals surface area contributed by atoms with Gasteiger partial charge in [0.15, 0.2) is 12.6 Å². The largest absolute Gasteiger partial charge is 0.394 e. The van der Waals surface area contributed by atoms with Crippen LogP contribution in [0.5, 0.6) is 0 Å². The van der Waals surface area contributed by atoms with Crippen molar-refractivity contribution in [3.8, 4) is 0 Å². The Kier molecular flexibility index (Phi) is 13.0. The van der Waals surface area contributed by atoms with E-state index in [1.807, 2.05) is 6.08 Å². The summed E-state index contributed by atoms with van der Waals surface area (Å²) in [5, 5.41) is 98.4. The molecule has 2 heterocycles. The van der Waals surface area contributed by atoms with Gasteiger partial charge in [-0.3, -0.25) is 0 Å². The van der Waals surface area contributed by atoms with Gasteiger partial charge in [-0.1, -0.05) is 47.1 Å². The summed E-state index contributed by atoms with van der Waals surface area (Å²) < 4.78 is 28.6. The van der Waals surface area contributed by atoms with E-state index < -0.39 is 103 Å². The molecule has 14 nitrogen and oxygen atoms in total. The molecule has 2 saturated heterocycles. The third-order valence-electron chi connectivity index (χ3n) is 15.1. The molecule has 0 bridgehead atoms. The highest BCUT2D eigenvalue weighted by molar-refractivity contribution is 5.33. The molecule has 2 aliphatic heterocycles. The van der Waals surface area contributed by atoms with Crippen molar-refractivity contribution in [2.45, 2.75) is 165 Å². The quantitative estimate of drug-likeness (QED) is 0.117. The van der Waals surface area contributed by atoms with Gasteiger partial charge in [-0.25, -0.2) is 0 Å². The van der Waals surface area contributed by atoms with E-state index in [0.29, 0.717) is 44.6 Å². The predicted octanol–water partition coefficient (Wildman–Crippen LogP) is 0.605. The van der Waals surface area contributed by atoms with Crippen LogP contribution in [0.15, 0.2) is 11.6 Å². The second-order valence-electron chi connectivity index (χ2n) is 18.4. The molecule has 14 heteroatoms. The van der Waals surface area contributed by atoms with Gasteiger partial charge in [0.1, 0.15) is 36.6 Å². The van der Waals surface area contributed by atoms with Crippen molar-refractivity contribution in [2.24, 2.45) is 46.3 Å². The van der Waals surface area contributed by atoms with E-state index in [2.05, 4.69) is 34.6 Å². The molecule has 6 aliphatic rings. The lowest BCUT2D eigenvalue weighted by Crippen LogP contribution is -2.66. The second kappa shape index (κ2) is 16.4. The average Bonchev–Trinajstić information content (AvgIpc) is 3.51. The summed E-state index contributed by atoms with van der Waals surface area (Å²) >= 11 is 0. The Hall–Kier alpha value is -0.820. The van der Waals surface area contributed by atoms with Gasteiger partial charge < -0.3 is 69.6 Å². The van der Waals surface area contributed by atoms with Crippen molar-refractivity contribution < 1.29 is 69.6 Å². The summed E-state index contributed by atoms with van der Waals surface area (Å²) in [6.45, 7) is 10.4. The molecule has 0 amide bonds. The Morgan fingerprint density at radius 2 is 1.59 bits per heavy atom. The van der Waals surface area contributed by atoms with Crippen molar-refractivity contribution in [1.29, 1.82) is 0 Å². The fourth-order valence-electron chi connectivity index (χ4n) is 12.2. The first-order chi connectivity index (χ1) is 25.4. The van der Waals surface area contributed by atoms with Crippen molar-refractivity contribution in [3.05, 3.63) is 11.6 Å². The Labute approximate surface area is 319 Å². The van der Waals surface area contributed by atoms with Gasteiger partial charge in [-0.15, -0.1) is 0 Å². The lowest BCUT2D eigenvalue weighted by molar-refractivity contribution is -0.285. The fraction of sp³-hybridized carbons (Fsp3) is 0.950. The normalized spacial score (nSPS) is 50.3. The molecule has 54 heavy (non-hydrogen) atoms. The molecule has 0 aromatic carbocycles. The van der Waals surface area contributed by atoms with Crippen LogP contribution in [-0.4, -0.2) is 152 Å². The van der Waals surface area contributed by atoms with Crippen molar-refractivity contribution in [1.82, 2.24) is 0 Å². The van der Waals surface area contributed by atoms with Crippen LogP contribution in [0.4, 0.5) is 0 Å². The number of hydrogen-bond donors (Lipinski definition) is 9. The van der Waals surface area contributed by atoms with E-state index in [1.165, 1.54) is 7.11 Å². The van der Waals surface area contributed by atoms with Crippen LogP contribution in [0.25, 0.3) is 0 Å². The number of fused-ring (bicyclic) bond motifs is 5. The van der Waals surface area contributed by atoms with Crippen LogP contribution in [0.2, 0.25) is 0 Å². The van der Waals surface area contributed by atoms with E-state index in [-0.39, 0.29) is 36.7 Å². The summed E-state index contributed by atoms with van der Waals surface area (Å²) in [4.78, 5) is 0. The number of rotatable bonds is 13. The minimum atomic E-state index is -1.41. The first-order valence-electron chi connectivity index (χ1n) is 20.3. The highest BCUT2D eigenvalue weighted by atomic mass is 16.7. The predicted molar refractivity (Wildman–Crippen MR) is 193 cm³/mol. The molecule has 312 valence electrons. The van der Waals surface area contributed by atoms with Gasteiger partial charge in [0.25, 0.3) is 0 Å². The van der Waals surface area contributed by atoms with E-state index in [9.17, 15) is 46.0 Å². The summed E-state index contributed by atoms with van der Waals surface area (Å²) in [5.41, 5.74) is -1.77. The van der Waals surface area contributed by atoms with E-state index in [1.54, 1.807) is 0 Å². The number of aliphatic hydroxyl groups is 9. The van der Waals surface area contributed by atoms with Crippen LogP contribution in [-0.2, 0) is 23.7 Å². The monoisotopic (exact) mass is 772 g/mol. The van der Waals surface area contributed by atoms with Crippen LogP contribution in [0.3, 0.4) is 0 Å². The molecular weight excluding hydrogens is 704 g/mol. The van der Waals surface area contributed by atoms with Gasteiger partial charge in [0.2, 0.25) is 0 Å². The molecule has 0 spiro atoms. The summed E-state index contributed by atoms with van der Waals surface area (Å²) in [7, 11) is 1.42. The molecule has 0 unspecified atom stereocenters. The second-order valence-corrected chi connectivity index (χ2v) is 18.4. The van der Waals surface area contributed by atoms with Crippen molar-refractivity contribution >= 4 is 0 Å². The first kappa shape index (κ1) is 42.8. The lowest BCUT2D eigenvalue weighted by Gasteiger charge is -2.64. The minimum Gasteiger partial charge on any atom is -0.394 e. The maximum Gasteiger partial charge on any atom is 0.187 e. The first-order valence-corrected chi connectivity index (χ1v) is 20.3.